The van der Waals surface area contributed by atoms with Crippen molar-refractivity contribution in [3.8, 4) is 11.5 Å². The van der Waals surface area contributed by atoms with Crippen LogP contribution in [0.5, 0.6) is 0 Å². The molecule has 0 spiro atoms. The molecule has 19 heavy (non-hydrogen) atoms. The van der Waals surface area contributed by atoms with Crippen molar-refractivity contribution in [3.63, 3.8) is 0 Å². The smallest absolute Gasteiger partial charge is 0.178 e. The van der Waals surface area contributed by atoms with Crippen LogP contribution in [0.1, 0.15) is 41.5 Å². The van der Waals surface area contributed by atoms with Gasteiger partial charge < -0.3 is 5.32 Å². The molecular formula is C14H15N5. The number of fused-ring (bicyclic) bond motifs is 1. The zero-order chi connectivity index (χ0) is 12.8. The van der Waals surface area contributed by atoms with Gasteiger partial charge in [0, 0.05) is 30.8 Å². The lowest BCUT2D eigenvalue weighted by Crippen LogP contribution is -2.04. The summed E-state index contributed by atoms with van der Waals surface area (Å²) in [5.41, 5.74) is 4.52. The van der Waals surface area contributed by atoms with E-state index >= 15 is 0 Å². The summed E-state index contributed by atoms with van der Waals surface area (Å²) < 4.78 is 0. The average Bonchev–Trinajstić information content (AvgIpc) is 3.15. The van der Waals surface area contributed by atoms with Crippen molar-refractivity contribution in [1.82, 2.24) is 25.3 Å². The third kappa shape index (κ3) is 1.90. The number of nitrogens with one attached hydrogen (secondary N) is 1. The molecule has 5 nitrogen and oxygen atoms in total. The van der Waals surface area contributed by atoms with Crippen LogP contribution in [0.3, 0.4) is 0 Å². The van der Waals surface area contributed by atoms with Gasteiger partial charge in [0.05, 0.1) is 11.4 Å². The fraction of sp³-hybridized carbons (Fsp3) is 0.429. The Balaban J connectivity index is 1.87. The summed E-state index contributed by atoms with van der Waals surface area (Å²) in [7, 11) is 0. The SMILES string of the molecule is Cc1nccc(-c2nc3c(c(C4CC4)n2)CNC3)n1. The summed E-state index contributed by atoms with van der Waals surface area (Å²) >= 11 is 0. The molecule has 0 atom stereocenters. The third-order valence-electron chi connectivity index (χ3n) is 3.69. The molecule has 0 saturated heterocycles. The number of rotatable bonds is 2. The molecule has 5 heteroatoms. The van der Waals surface area contributed by atoms with E-state index in [1.54, 1.807) is 6.20 Å². The van der Waals surface area contributed by atoms with E-state index in [0.717, 1.165) is 36.1 Å². The minimum atomic E-state index is 0.637. The Morgan fingerprint density at radius 3 is 2.84 bits per heavy atom. The van der Waals surface area contributed by atoms with E-state index in [-0.39, 0.29) is 0 Å². The first-order chi connectivity index (χ1) is 9.31. The third-order valence-corrected chi connectivity index (χ3v) is 3.69. The normalized spacial score (nSPS) is 17.5. The topological polar surface area (TPSA) is 63.6 Å². The highest BCUT2D eigenvalue weighted by Gasteiger charge is 2.31. The van der Waals surface area contributed by atoms with E-state index in [1.807, 2.05) is 13.0 Å². The minimum absolute atomic E-state index is 0.637. The lowest BCUT2D eigenvalue weighted by Gasteiger charge is -2.08. The first kappa shape index (κ1) is 11.0. The molecule has 4 rings (SSSR count). The fourth-order valence-electron chi connectivity index (χ4n) is 2.58. The molecule has 2 aliphatic rings. The molecule has 1 aliphatic heterocycles. The van der Waals surface area contributed by atoms with Crippen molar-refractivity contribution in [2.45, 2.75) is 38.8 Å². The van der Waals surface area contributed by atoms with Crippen LogP contribution in [-0.4, -0.2) is 19.9 Å². The molecule has 96 valence electrons. The molecule has 0 bridgehead atoms. The molecule has 2 aromatic heterocycles. The maximum absolute atomic E-state index is 4.78. The van der Waals surface area contributed by atoms with E-state index in [0.29, 0.717) is 5.92 Å². The van der Waals surface area contributed by atoms with Gasteiger partial charge in [-0.05, 0) is 25.8 Å². The average molecular weight is 253 g/mol. The van der Waals surface area contributed by atoms with Crippen LogP contribution in [0.4, 0.5) is 0 Å². The number of aromatic nitrogens is 4. The van der Waals surface area contributed by atoms with Crippen LogP contribution in [0.25, 0.3) is 11.5 Å². The van der Waals surface area contributed by atoms with E-state index in [9.17, 15) is 0 Å². The zero-order valence-electron chi connectivity index (χ0n) is 10.8. The number of aryl methyl sites for hydroxylation is 1. The van der Waals surface area contributed by atoms with Crippen LogP contribution in [0.2, 0.25) is 0 Å². The largest absolute Gasteiger partial charge is 0.307 e. The molecule has 1 fully saturated rings. The number of hydrogen-bond acceptors (Lipinski definition) is 5. The van der Waals surface area contributed by atoms with Crippen LogP contribution >= 0.6 is 0 Å². The van der Waals surface area contributed by atoms with Gasteiger partial charge in [-0.3, -0.25) is 0 Å². The maximum atomic E-state index is 4.78. The summed E-state index contributed by atoms with van der Waals surface area (Å²) in [6.07, 6.45) is 4.28. The molecule has 1 N–H and O–H groups in total. The molecule has 2 aromatic rings. The van der Waals surface area contributed by atoms with Gasteiger partial charge in [0.25, 0.3) is 0 Å². The van der Waals surface area contributed by atoms with Crippen LogP contribution < -0.4 is 5.32 Å². The van der Waals surface area contributed by atoms with Crippen molar-refractivity contribution in [2.24, 2.45) is 0 Å². The Morgan fingerprint density at radius 1 is 1.16 bits per heavy atom. The highest BCUT2D eigenvalue weighted by molar-refractivity contribution is 5.51. The lowest BCUT2D eigenvalue weighted by atomic mass is 10.1. The quantitative estimate of drug-likeness (QED) is 0.883. The van der Waals surface area contributed by atoms with Gasteiger partial charge in [-0.15, -0.1) is 0 Å². The van der Waals surface area contributed by atoms with Gasteiger partial charge in [0.15, 0.2) is 5.82 Å². The molecule has 0 aromatic carbocycles. The van der Waals surface area contributed by atoms with Crippen molar-refractivity contribution < 1.29 is 0 Å². The number of hydrogen-bond donors (Lipinski definition) is 1. The van der Waals surface area contributed by atoms with Crippen molar-refractivity contribution in [3.05, 3.63) is 35.0 Å². The van der Waals surface area contributed by atoms with Gasteiger partial charge in [-0.1, -0.05) is 0 Å². The predicted octanol–water partition coefficient (Wildman–Crippen LogP) is 1.72. The second-order valence-corrected chi connectivity index (χ2v) is 5.22. The van der Waals surface area contributed by atoms with Crippen molar-refractivity contribution >= 4 is 0 Å². The van der Waals surface area contributed by atoms with Gasteiger partial charge >= 0.3 is 0 Å². The monoisotopic (exact) mass is 253 g/mol. The Morgan fingerprint density at radius 2 is 2.05 bits per heavy atom. The van der Waals surface area contributed by atoms with Gasteiger partial charge in [0.1, 0.15) is 11.5 Å². The highest BCUT2D eigenvalue weighted by Crippen LogP contribution is 2.42. The molecule has 0 amide bonds. The molecule has 0 radical (unpaired) electrons. The molecule has 3 heterocycles. The minimum Gasteiger partial charge on any atom is -0.307 e. The van der Waals surface area contributed by atoms with E-state index in [2.05, 4.69) is 20.3 Å². The first-order valence-electron chi connectivity index (χ1n) is 6.71. The highest BCUT2D eigenvalue weighted by atomic mass is 15.0. The molecule has 1 aliphatic carbocycles. The van der Waals surface area contributed by atoms with Crippen LogP contribution in [-0.2, 0) is 13.1 Å². The Kier molecular flexibility index (Phi) is 2.35. The maximum Gasteiger partial charge on any atom is 0.178 e. The van der Waals surface area contributed by atoms with Crippen LogP contribution in [0, 0.1) is 6.92 Å². The van der Waals surface area contributed by atoms with E-state index < -0.39 is 0 Å². The van der Waals surface area contributed by atoms with E-state index in [4.69, 9.17) is 4.98 Å². The summed E-state index contributed by atoms with van der Waals surface area (Å²) in [6.45, 7) is 3.64. The lowest BCUT2D eigenvalue weighted by molar-refractivity contribution is 0.755. The van der Waals surface area contributed by atoms with Crippen molar-refractivity contribution in [1.29, 1.82) is 0 Å². The molecular weight excluding hydrogens is 238 g/mol. The standard InChI is InChI=1S/C14H15N5/c1-8-16-5-4-11(17-8)14-18-12-7-15-6-10(12)13(19-14)9-2-3-9/h4-5,9,15H,2-3,6-7H2,1H3. The van der Waals surface area contributed by atoms with Gasteiger partial charge in [-0.2, -0.15) is 0 Å². The predicted molar refractivity (Wildman–Crippen MR) is 70.3 cm³/mol. The first-order valence-corrected chi connectivity index (χ1v) is 6.71. The molecule has 0 unspecified atom stereocenters. The van der Waals surface area contributed by atoms with Gasteiger partial charge in [-0.25, -0.2) is 19.9 Å². The summed E-state index contributed by atoms with van der Waals surface area (Å²) in [6, 6.07) is 1.88. The zero-order valence-corrected chi connectivity index (χ0v) is 10.8. The summed E-state index contributed by atoms with van der Waals surface area (Å²) in [5.74, 6) is 2.14. The summed E-state index contributed by atoms with van der Waals surface area (Å²) in [4.78, 5) is 18.0. The van der Waals surface area contributed by atoms with Crippen LogP contribution in [0.15, 0.2) is 12.3 Å². The second-order valence-electron chi connectivity index (χ2n) is 5.22. The summed E-state index contributed by atoms with van der Waals surface area (Å²) in [5, 5.41) is 3.37. The second kappa shape index (κ2) is 4.06. The number of nitrogens with zero attached hydrogens (tertiary/aromatic N) is 4. The Labute approximate surface area is 111 Å². The van der Waals surface area contributed by atoms with E-state index in [1.165, 1.54) is 24.1 Å². The Bertz CT molecular complexity index is 648. The van der Waals surface area contributed by atoms with Gasteiger partial charge in [0.2, 0.25) is 0 Å². The van der Waals surface area contributed by atoms with Crippen molar-refractivity contribution in [2.75, 3.05) is 0 Å². The molecule has 1 saturated carbocycles. The Hall–Kier alpha value is -1.88. The fourth-order valence-corrected chi connectivity index (χ4v) is 2.58.